The van der Waals surface area contributed by atoms with Crippen molar-refractivity contribution in [1.82, 2.24) is 10.3 Å². The predicted octanol–water partition coefficient (Wildman–Crippen LogP) is 4.84. The van der Waals surface area contributed by atoms with E-state index < -0.39 is 0 Å². The molecule has 2 aromatic carbocycles. The highest BCUT2D eigenvalue weighted by atomic mass is 16.4. The second-order valence-electron chi connectivity index (χ2n) is 6.19. The van der Waals surface area contributed by atoms with E-state index in [9.17, 15) is 4.79 Å². The first-order chi connectivity index (χ1) is 12.6. The Bertz CT molecular complexity index is 898. The van der Waals surface area contributed by atoms with Gasteiger partial charge in [-0.05, 0) is 49.6 Å². The van der Waals surface area contributed by atoms with Crippen molar-refractivity contribution < 1.29 is 9.21 Å². The van der Waals surface area contributed by atoms with Crippen LogP contribution in [0, 0.1) is 13.8 Å². The van der Waals surface area contributed by atoms with E-state index in [0.717, 1.165) is 28.9 Å². The number of benzene rings is 2. The average Bonchev–Trinajstić information content (AvgIpc) is 3.01. The quantitative estimate of drug-likeness (QED) is 0.692. The van der Waals surface area contributed by atoms with Crippen molar-refractivity contribution in [2.24, 2.45) is 0 Å². The van der Waals surface area contributed by atoms with Gasteiger partial charge in [0.15, 0.2) is 0 Å². The number of oxazole rings is 1. The lowest BCUT2D eigenvalue weighted by molar-refractivity contribution is 0.251. The number of urea groups is 1. The third-order valence-electron chi connectivity index (χ3n) is 4.30. The number of carbonyl (C=O) groups excluding carboxylic acids is 1. The zero-order chi connectivity index (χ0) is 18.5. The number of aryl methyl sites for hydroxylation is 3. The molecule has 2 N–H and O–H groups in total. The summed E-state index contributed by atoms with van der Waals surface area (Å²) in [5, 5.41) is 5.65. The van der Waals surface area contributed by atoms with Crippen LogP contribution < -0.4 is 10.6 Å². The minimum Gasteiger partial charge on any atom is -0.441 e. The minimum absolute atomic E-state index is 0.269. The van der Waals surface area contributed by atoms with E-state index in [0.29, 0.717) is 18.2 Å². The van der Waals surface area contributed by atoms with Crippen LogP contribution in [0.25, 0.3) is 11.5 Å². The van der Waals surface area contributed by atoms with Crippen LogP contribution in [0.1, 0.15) is 29.5 Å². The Morgan fingerprint density at radius 3 is 2.50 bits per heavy atom. The van der Waals surface area contributed by atoms with Crippen molar-refractivity contribution in [2.45, 2.75) is 33.7 Å². The fraction of sp³-hybridized carbons (Fsp3) is 0.238. The lowest BCUT2D eigenvalue weighted by Crippen LogP contribution is -2.28. The number of aromatic nitrogens is 1. The number of rotatable bonds is 5. The Hall–Kier alpha value is -3.08. The molecule has 0 atom stereocenters. The number of hydrogen-bond acceptors (Lipinski definition) is 3. The van der Waals surface area contributed by atoms with Crippen LogP contribution in [-0.4, -0.2) is 11.0 Å². The number of nitrogens with zero attached hydrogens (tertiary/aromatic N) is 1. The molecular weight excluding hydrogens is 326 g/mol. The zero-order valence-corrected chi connectivity index (χ0v) is 15.3. The van der Waals surface area contributed by atoms with Gasteiger partial charge in [-0.25, -0.2) is 9.78 Å². The summed E-state index contributed by atoms with van der Waals surface area (Å²) in [5.41, 5.74) is 4.78. The van der Waals surface area contributed by atoms with E-state index in [1.807, 2.05) is 62.4 Å². The molecule has 0 saturated carbocycles. The molecule has 0 saturated heterocycles. The van der Waals surface area contributed by atoms with Gasteiger partial charge >= 0.3 is 6.03 Å². The second-order valence-corrected chi connectivity index (χ2v) is 6.19. The summed E-state index contributed by atoms with van der Waals surface area (Å²) in [6, 6.07) is 15.5. The van der Waals surface area contributed by atoms with Gasteiger partial charge in [0.1, 0.15) is 11.5 Å². The number of carbonyl (C=O) groups is 1. The maximum atomic E-state index is 12.1. The third-order valence-corrected chi connectivity index (χ3v) is 4.30. The van der Waals surface area contributed by atoms with Gasteiger partial charge in [-0.15, -0.1) is 0 Å². The van der Waals surface area contributed by atoms with E-state index in [1.165, 1.54) is 5.56 Å². The molecule has 2 amide bonds. The van der Waals surface area contributed by atoms with E-state index in [-0.39, 0.29) is 6.03 Å². The largest absolute Gasteiger partial charge is 0.441 e. The Morgan fingerprint density at radius 2 is 1.81 bits per heavy atom. The van der Waals surface area contributed by atoms with Crippen LogP contribution in [-0.2, 0) is 13.0 Å². The van der Waals surface area contributed by atoms with E-state index in [1.54, 1.807) is 0 Å². The standard InChI is InChI=1S/C21H23N3O2/c1-4-16-9-11-17(12-10-16)23-21(25)22-13-19-15(3)26-20(24-19)18-8-6-5-7-14(18)2/h5-12H,4,13H2,1-3H3,(H2,22,23,25). The van der Waals surface area contributed by atoms with Crippen molar-refractivity contribution in [3.8, 4) is 11.5 Å². The molecule has 0 aliphatic rings. The Balaban J connectivity index is 1.62. The molecule has 0 aliphatic carbocycles. The molecule has 5 heteroatoms. The fourth-order valence-electron chi connectivity index (χ4n) is 2.68. The number of anilines is 1. The van der Waals surface area contributed by atoms with Gasteiger partial charge < -0.3 is 15.1 Å². The van der Waals surface area contributed by atoms with Crippen LogP contribution in [0.3, 0.4) is 0 Å². The summed E-state index contributed by atoms with van der Waals surface area (Å²) in [6.45, 7) is 6.28. The van der Waals surface area contributed by atoms with Gasteiger partial charge in [-0.2, -0.15) is 0 Å². The smallest absolute Gasteiger partial charge is 0.319 e. The number of hydrogen-bond donors (Lipinski definition) is 2. The van der Waals surface area contributed by atoms with Crippen LogP contribution in [0.4, 0.5) is 10.5 Å². The first-order valence-electron chi connectivity index (χ1n) is 8.73. The molecule has 0 radical (unpaired) electrons. The van der Waals surface area contributed by atoms with Gasteiger partial charge in [0.2, 0.25) is 5.89 Å². The molecule has 3 aromatic rings. The summed E-state index contributed by atoms with van der Waals surface area (Å²) in [7, 11) is 0. The Labute approximate surface area is 153 Å². The summed E-state index contributed by atoms with van der Waals surface area (Å²) >= 11 is 0. The molecular formula is C21H23N3O2. The predicted molar refractivity (Wildman–Crippen MR) is 103 cm³/mol. The van der Waals surface area contributed by atoms with E-state index in [2.05, 4.69) is 22.5 Å². The van der Waals surface area contributed by atoms with Crippen molar-refractivity contribution >= 4 is 11.7 Å². The van der Waals surface area contributed by atoms with Crippen molar-refractivity contribution in [1.29, 1.82) is 0 Å². The minimum atomic E-state index is -0.269. The molecule has 0 aliphatic heterocycles. The normalized spacial score (nSPS) is 10.6. The van der Waals surface area contributed by atoms with Gasteiger partial charge in [-0.1, -0.05) is 37.3 Å². The van der Waals surface area contributed by atoms with Crippen LogP contribution in [0.2, 0.25) is 0 Å². The van der Waals surface area contributed by atoms with Crippen molar-refractivity contribution in [3.63, 3.8) is 0 Å². The van der Waals surface area contributed by atoms with Gasteiger partial charge in [0.25, 0.3) is 0 Å². The maximum Gasteiger partial charge on any atom is 0.319 e. The van der Waals surface area contributed by atoms with Crippen molar-refractivity contribution in [2.75, 3.05) is 5.32 Å². The van der Waals surface area contributed by atoms with E-state index in [4.69, 9.17) is 4.42 Å². The molecule has 0 spiro atoms. The number of amides is 2. The van der Waals surface area contributed by atoms with Crippen LogP contribution in [0.15, 0.2) is 52.9 Å². The summed E-state index contributed by atoms with van der Waals surface area (Å²) in [6.07, 6.45) is 0.973. The molecule has 5 nitrogen and oxygen atoms in total. The molecule has 1 aromatic heterocycles. The highest BCUT2D eigenvalue weighted by Crippen LogP contribution is 2.24. The molecule has 3 rings (SSSR count). The average molecular weight is 349 g/mol. The molecule has 0 unspecified atom stereocenters. The monoisotopic (exact) mass is 349 g/mol. The lowest BCUT2D eigenvalue weighted by atomic mass is 10.1. The SMILES string of the molecule is CCc1ccc(NC(=O)NCc2nc(-c3ccccc3C)oc2C)cc1. The molecule has 134 valence electrons. The summed E-state index contributed by atoms with van der Waals surface area (Å²) < 4.78 is 5.77. The zero-order valence-electron chi connectivity index (χ0n) is 15.3. The van der Waals surface area contributed by atoms with E-state index >= 15 is 0 Å². The van der Waals surface area contributed by atoms with Gasteiger partial charge in [0.05, 0.1) is 6.54 Å². The highest BCUT2D eigenvalue weighted by molar-refractivity contribution is 5.89. The summed E-state index contributed by atoms with van der Waals surface area (Å²) in [5.74, 6) is 1.28. The van der Waals surface area contributed by atoms with Gasteiger partial charge in [-0.3, -0.25) is 0 Å². The van der Waals surface area contributed by atoms with Crippen molar-refractivity contribution in [3.05, 3.63) is 71.1 Å². The lowest BCUT2D eigenvalue weighted by Gasteiger charge is -2.07. The molecule has 26 heavy (non-hydrogen) atoms. The fourth-order valence-corrected chi connectivity index (χ4v) is 2.68. The molecule has 0 fully saturated rings. The summed E-state index contributed by atoms with van der Waals surface area (Å²) in [4.78, 5) is 16.6. The maximum absolute atomic E-state index is 12.1. The molecule has 0 bridgehead atoms. The van der Waals surface area contributed by atoms with Crippen LogP contribution in [0.5, 0.6) is 0 Å². The Morgan fingerprint density at radius 1 is 1.08 bits per heavy atom. The third kappa shape index (κ3) is 4.11. The highest BCUT2D eigenvalue weighted by Gasteiger charge is 2.13. The topological polar surface area (TPSA) is 67.2 Å². The number of nitrogens with one attached hydrogen (secondary N) is 2. The first-order valence-corrected chi connectivity index (χ1v) is 8.73. The first kappa shape index (κ1) is 17.7. The van der Waals surface area contributed by atoms with Crippen LogP contribution >= 0.6 is 0 Å². The second kappa shape index (κ2) is 7.87. The molecule has 1 heterocycles. The van der Waals surface area contributed by atoms with Gasteiger partial charge in [0, 0.05) is 11.3 Å². The Kier molecular flexibility index (Phi) is 5.37.